The van der Waals surface area contributed by atoms with Crippen molar-refractivity contribution in [3.05, 3.63) is 373 Å². The van der Waals surface area contributed by atoms with E-state index in [1.165, 1.54) is 110 Å². The Morgan fingerprint density at radius 2 is 0.538 bits per heavy atom. The second-order valence-corrected chi connectivity index (χ2v) is 44.3. The van der Waals surface area contributed by atoms with Gasteiger partial charge in [-0.05, 0) is 277 Å². The minimum absolute atomic E-state index is 0.0874. The van der Waals surface area contributed by atoms with Crippen LogP contribution < -0.4 is 26.2 Å². The van der Waals surface area contributed by atoms with Gasteiger partial charge in [-0.25, -0.2) is 0 Å². The summed E-state index contributed by atoms with van der Waals surface area (Å²) in [7, 11) is 0. The molecular weight excluding hydrogens is 1570 g/mol. The zero-order valence-corrected chi connectivity index (χ0v) is 79.6. The summed E-state index contributed by atoms with van der Waals surface area (Å²) in [5.41, 5.74) is 40.2. The molecule has 0 saturated heterocycles. The molecule has 21 rings (SSSR count). The molecule has 6 heteroatoms. The first-order valence-corrected chi connectivity index (χ1v) is 46.9. The normalized spacial score (nSPS) is 13.4. The molecule has 0 fully saturated rings. The van der Waals surface area contributed by atoms with Crippen molar-refractivity contribution < 1.29 is 0 Å². The molecule has 19 aromatic rings. The van der Waals surface area contributed by atoms with Crippen molar-refractivity contribution in [3.8, 4) is 72.7 Å². The Bertz CT molecular complexity index is 7500. The van der Waals surface area contributed by atoms with Crippen LogP contribution in [-0.2, 0) is 37.9 Å². The third kappa shape index (κ3) is 14.1. The van der Waals surface area contributed by atoms with E-state index < -0.39 is 0 Å². The zero-order chi connectivity index (χ0) is 90.5. The number of nitrogens with zero attached hydrogens (tertiary/aromatic N) is 5. The fraction of sp³-hybridized carbons (Fsp3) is 0.226. The summed E-state index contributed by atoms with van der Waals surface area (Å²) < 4.78 is 7.74. The maximum Gasteiger partial charge on any atom is 0.252 e. The summed E-state index contributed by atoms with van der Waals surface area (Å²) in [6, 6.07) is 131. The molecule has 0 bridgehead atoms. The predicted octanol–water partition coefficient (Wildman–Crippen LogP) is 32.5. The highest BCUT2D eigenvalue weighted by atomic mass is 15.2. The molecule has 16 aromatic carbocycles. The minimum atomic E-state index is -0.326. The van der Waals surface area contributed by atoms with Crippen molar-refractivity contribution in [2.45, 2.75) is 183 Å². The minimum Gasteiger partial charge on any atom is -0.311 e. The molecule has 0 aliphatic carbocycles. The second-order valence-electron chi connectivity index (χ2n) is 44.3. The van der Waals surface area contributed by atoms with Gasteiger partial charge in [0.1, 0.15) is 0 Å². The molecule has 0 spiro atoms. The van der Waals surface area contributed by atoms with Crippen LogP contribution in [0.25, 0.3) is 138 Å². The molecule has 0 N–H and O–H groups in total. The summed E-state index contributed by atoms with van der Waals surface area (Å²) >= 11 is 0. The van der Waals surface area contributed by atoms with Crippen LogP contribution in [0, 0.1) is 0 Å². The Morgan fingerprint density at radius 1 is 0.192 bits per heavy atom. The van der Waals surface area contributed by atoms with Crippen molar-refractivity contribution in [1.82, 2.24) is 13.7 Å². The lowest BCUT2D eigenvalue weighted by atomic mass is 9.33. The van der Waals surface area contributed by atoms with E-state index in [2.05, 4.69) is 503 Å². The van der Waals surface area contributed by atoms with Gasteiger partial charge in [0.05, 0.1) is 38.8 Å². The smallest absolute Gasteiger partial charge is 0.252 e. The monoisotopic (exact) mass is 1690 g/mol. The summed E-state index contributed by atoms with van der Waals surface area (Å²) in [5.74, 6) is 0. The number of rotatable bonds is 10. The van der Waals surface area contributed by atoms with Gasteiger partial charge in [0.15, 0.2) is 0 Å². The number of hydrogen-bond acceptors (Lipinski definition) is 2. The van der Waals surface area contributed by atoms with Crippen LogP contribution in [0.3, 0.4) is 0 Å². The molecular formula is C124H118BN5. The Kier molecular flexibility index (Phi) is 19.3. The number of fused-ring (bicyclic) bond motifs is 13. The largest absolute Gasteiger partial charge is 0.311 e. The lowest BCUT2D eigenvalue weighted by Gasteiger charge is -2.45. The second kappa shape index (κ2) is 30.1. The summed E-state index contributed by atoms with van der Waals surface area (Å²) in [6.45, 7) is 49.1. The Balaban J connectivity index is 0.959. The first-order chi connectivity index (χ1) is 61.9. The van der Waals surface area contributed by atoms with Crippen LogP contribution in [0.4, 0.5) is 34.1 Å². The van der Waals surface area contributed by atoms with Gasteiger partial charge in [-0.15, -0.1) is 0 Å². The molecule has 0 unspecified atom stereocenters. The van der Waals surface area contributed by atoms with Gasteiger partial charge in [0.2, 0.25) is 0 Å². The highest BCUT2D eigenvalue weighted by Gasteiger charge is 2.46. The molecule has 0 amide bonds. The van der Waals surface area contributed by atoms with Crippen molar-refractivity contribution in [2.75, 3.05) is 9.80 Å². The molecule has 0 atom stereocenters. The topological polar surface area (TPSA) is 21.3 Å². The fourth-order valence-electron chi connectivity index (χ4n) is 20.9. The SMILES string of the molecule is CC(C)(C)c1cc(-n2c3ccccc3c3c(-c4cc5c6c(c4)N(c4c(-c7ccccc7)cc(C(C)(C)C)cc4-c4ccccc4)c4cc(-n7c8ccc(C(C)(C)C)cc8c8cc(C(C)(C)C)ccc87)ccc4B6c4ccc(-n6c7ccc(C(C)(C)C)cc7c7cc(C(C)(C)C)ccc76)cc4N5c4cc(-c5ccccc5)cc(-c5ccccc5)c4)cccc32)cc(C(C)(C)C)c1. The molecule has 642 valence electrons. The molecule has 2 aliphatic heterocycles. The Hall–Kier alpha value is -13.4. The maximum absolute atomic E-state index is 2.77. The first kappa shape index (κ1) is 83.5. The Morgan fingerprint density at radius 3 is 0.946 bits per heavy atom. The zero-order valence-electron chi connectivity index (χ0n) is 79.6. The van der Waals surface area contributed by atoms with E-state index in [0.29, 0.717) is 0 Å². The highest BCUT2D eigenvalue weighted by molar-refractivity contribution is 7.00. The quantitative estimate of drug-likeness (QED) is 0.127. The van der Waals surface area contributed by atoms with Crippen LogP contribution in [0.15, 0.2) is 334 Å². The number of benzene rings is 16. The fourth-order valence-corrected chi connectivity index (χ4v) is 20.9. The van der Waals surface area contributed by atoms with Crippen LogP contribution in [0.2, 0.25) is 0 Å². The lowest BCUT2D eigenvalue weighted by Crippen LogP contribution is -2.61. The third-order valence-corrected chi connectivity index (χ3v) is 28.2. The average Bonchev–Trinajstić information content (AvgIpc) is 0.762. The summed E-state index contributed by atoms with van der Waals surface area (Å²) in [6.07, 6.45) is 0. The van der Waals surface area contributed by atoms with E-state index in [-0.39, 0.29) is 44.6 Å². The van der Waals surface area contributed by atoms with E-state index in [1.807, 2.05) is 0 Å². The van der Waals surface area contributed by atoms with Crippen LogP contribution in [0.5, 0.6) is 0 Å². The number of para-hydroxylation sites is 1. The molecule has 3 aromatic heterocycles. The molecule has 2 aliphatic rings. The highest BCUT2D eigenvalue weighted by Crippen LogP contribution is 2.56. The van der Waals surface area contributed by atoms with Gasteiger partial charge in [0, 0.05) is 88.9 Å². The summed E-state index contributed by atoms with van der Waals surface area (Å²) in [4.78, 5) is 5.48. The van der Waals surface area contributed by atoms with Crippen LogP contribution in [0.1, 0.15) is 184 Å². The summed E-state index contributed by atoms with van der Waals surface area (Å²) in [5, 5.41) is 7.40. The van der Waals surface area contributed by atoms with Gasteiger partial charge >= 0.3 is 0 Å². The van der Waals surface area contributed by atoms with E-state index in [1.54, 1.807) is 0 Å². The molecule has 0 saturated carbocycles. The number of hydrogen-bond donors (Lipinski definition) is 0. The van der Waals surface area contributed by atoms with Gasteiger partial charge in [-0.2, -0.15) is 0 Å². The molecule has 5 heterocycles. The molecule has 130 heavy (non-hydrogen) atoms. The molecule has 5 nitrogen and oxygen atoms in total. The van der Waals surface area contributed by atoms with Crippen LogP contribution in [-0.4, -0.2) is 20.4 Å². The van der Waals surface area contributed by atoms with E-state index in [0.717, 1.165) is 118 Å². The van der Waals surface area contributed by atoms with E-state index in [9.17, 15) is 0 Å². The predicted molar refractivity (Wildman–Crippen MR) is 562 cm³/mol. The van der Waals surface area contributed by atoms with Crippen molar-refractivity contribution in [2.24, 2.45) is 0 Å². The standard InChI is InChI=1S/C124H118BN5/c1-118(2,3)84-49-57-106-99(69-84)100-70-85(119(4,5)6)50-58-107(100)126(106)91-53-55-103-111(75-91)129(93-62-81(77-37-26-22-27-38-77)61-82(63-93)78-39-28-23-29-40-78)113-64-83(95-46-36-48-110-115(95)96-45-34-35-47-105(96)128(110)94-67-88(122(13,14)15)66-89(68-94)123(16,17)18)65-114-116(113)125(103)104-56-54-92(127-108-59-51-86(120(7,8)9)71-101(108)102-72-87(121(10,11)12)52-60-109(102)127)76-112(104)130(114)117-97(79-41-30-24-31-42-79)73-90(124(19,20)21)74-98(117)80-43-32-25-33-44-80/h22-76H,1-21H3. The van der Waals surface area contributed by atoms with Crippen molar-refractivity contribution >= 4 is 123 Å². The lowest BCUT2D eigenvalue weighted by molar-refractivity contribution is 0.568. The van der Waals surface area contributed by atoms with Gasteiger partial charge < -0.3 is 23.5 Å². The van der Waals surface area contributed by atoms with Crippen molar-refractivity contribution in [1.29, 1.82) is 0 Å². The first-order valence-electron chi connectivity index (χ1n) is 46.9. The molecule has 0 radical (unpaired) electrons. The van der Waals surface area contributed by atoms with Gasteiger partial charge in [-0.3, -0.25) is 0 Å². The van der Waals surface area contributed by atoms with E-state index >= 15 is 0 Å². The number of anilines is 6. The Labute approximate surface area is 769 Å². The van der Waals surface area contributed by atoms with Crippen LogP contribution >= 0.6 is 0 Å². The van der Waals surface area contributed by atoms with Gasteiger partial charge in [0.25, 0.3) is 6.71 Å². The van der Waals surface area contributed by atoms with Gasteiger partial charge in [-0.1, -0.05) is 340 Å². The number of aromatic nitrogens is 3. The van der Waals surface area contributed by atoms with Crippen molar-refractivity contribution in [3.63, 3.8) is 0 Å². The average molecular weight is 1690 g/mol. The third-order valence-electron chi connectivity index (χ3n) is 28.2. The van der Waals surface area contributed by atoms with E-state index in [4.69, 9.17) is 0 Å². The maximum atomic E-state index is 2.77.